The number of amides is 2. The highest BCUT2D eigenvalue weighted by atomic mass is 32.1. The molecule has 1 N–H and O–H groups in total. The number of hydrogen-bond acceptors (Lipinski definition) is 5. The molecule has 0 aliphatic carbocycles. The van der Waals surface area contributed by atoms with Crippen molar-refractivity contribution in [1.82, 2.24) is 15.1 Å². The predicted molar refractivity (Wildman–Crippen MR) is 117 cm³/mol. The Balaban J connectivity index is 1.23. The summed E-state index contributed by atoms with van der Waals surface area (Å²) in [6.07, 6.45) is 1.42. The van der Waals surface area contributed by atoms with E-state index in [4.69, 9.17) is 4.74 Å². The molecule has 6 nitrogen and oxygen atoms in total. The van der Waals surface area contributed by atoms with Gasteiger partial charge in [0.15, 0.2) is 0 Å². The molecule has 1 saturated heterocycles. The second-order valence-electron chi connectivity index (χ2n) is 7.87. The Bertz CT molecular complexity index is 876. The Labute approximate surface area is 181 Å². The number of hydrogen-bond donors (Lipinski definition) is 1. The van der Waals surface area contributed by atoms with Gasteiger partial charge in [-0.3, -0.25) is 14.5 Å². The van der Waals surface area contributed by atoms with Gasteiger partial charge in [-0.25, -0.2) is 0 Å². The van der Waals surface area contributed by atoms with Gasteiger partial charge < -0.3 is 15.0 Å². The molecule has 30 heavy (non-hydrogen) atoms. The summed E-state index contributed by atoms with van der Waals surface area (Å²) in [5, 5.41) is 5.08. The van der Waals surface area contributed by atoms with Gasteiger partial charge >= 0.3 is 0 Å². The van der Waals surface area contributed by atoms with Crippen LogP contribution < -0.4 is 5.32 Å². The van der Waals surface area contributed by atoms with E-state index < -0.39 is 0 Å². The van der Waals surface area contributed by atoms with Crippen molar-refractivity contribution in [3.05, 3.63) is 57.3 Å². The number of benzene rings is 1. The second-order valence-corrected chi connectivity index (χ2v) is 8.87. The molecule has 1 aromatic carbocycles. The number of fused-ring (bicyclic) bond motifs is 1. The zero-order valence-corrected chi connectivity index (χ0v) is 18.1. The van der Waals surface area contributed by atoms with Crippen LogP contribution in [0.15, 0.2) is 35.7 Å². The van der Waals surface area contributed by atoms with E-state index in [0.717, 1.165) is 51.4 Å². The summed E-state index contributed by atoms with van der Waals surface area (Å²) in [5.74, 6) is -0.00697. The topological polar surface area (TPSA) is 61.9 Å². The monoisotopic (exact) mass is 427 g/mol. The fourth-order valence-electron chi connectivity index (χ4n) is 4.01. The summed E-state index contributed by atoms with van der Waals surface area (Å²) >= 11 is 1.76. The van der Waals surface area contributed by atoms with E-state index in [2.05, 4.69) is 33.8 Å². The van der Waals surface area contributed by atoms with Gasteiger partial charge in [0.1, 0.15) is 0 Å². The van der Waals surface area contributed by atoms with Crippen molar-refractivity contribution in [1.29, 1.82) is 0 Å². The lowest BCUT2D eigenvalue weighted by Crippen LogP contribution is -2.36. The van der Waals surface area contributed by atoms with Crippen molar-refractivity contribution < 1.29 is 14.3 Å². The van der Waals surface area contributed by atoms with Crippen LogP contribution in [0.5, 0.6) is 0 Å². The number of nitrogens with one attached hydrogen (secondary N) is 1. The van der Waals surface area contributed by atoms with Crippen LogP contribution in [0.2, 0.25) is 0 Å². The number of ether oxygens (including phenoxy) is 1. The Kier molecular flexibility index (Phi) is 7.15. The molecule has 0 atom stereocenters. The SMILES string of the molecule is O=C(CCC(=O)N1CCc2sccc2C1)NCc1ccccc1CN1CCOCC1. The summed E-state index contributed by atoms with van der Waals surface area (Å²) in [6.45, 7) is 6.22. The standard InChI is InChI=1S/C23H29N3O3S/c27-22(5-6-23(28)26-9-7-21-20(17-26)8-14-30-21)24-15-18-3-1-2-4-19(18)16-25-10-12-29-13-11-25/h1-4,8,14H,5-7,9-13,15-17H2,(H,24,27). The highest BCUT2D eigenvalue weighted by Gasteiger charge is 2.21. The molecule has 7 heteroatoms. The van der Waals surface area contributed by atoms with Gasteiger partial charge in [-0.05, 0) is 34.6 Å². The molecule has 0 radical (unpaired) electrons. The zero-order valence-electron chi connectivity index (χ0n) is 17.3. The number of carbonyl (C=O) groups is 2. The summed E-state index contributed by atoms with van der Waals surface area (Å²) in [5.41, 5.74) is 3.61. The van der Waals surface area contributed by atoms with Gasteiger partial charge in [-0.1, -0.05) is 24.3 Å². The highest BCUT2D eigenvalue weighted by Crippen LogP contribution is 2.24. The third kappa shape index (κ3) is 5.47. The Morgan fingerprint density at radius 2 is 1.83 bits per heavy atom. The minimum atomic E-state index is -0.0715. The van der Waals surface area contributed by atoms with Crippen LogP contribution >= 0.6 is 11.3 Å². The molecule has 160 valence electrons. The van der Waals surface area contributed by atoms with Crippen LogP contribution in [-0.4, -0.2) is 54.5 Å². The molecule has 2 amide bonds. The summed E-state index contributed by atoms with van der Waals surface area (Å²) < 4.78 is 5.42. The zero-order chi connectivity index (χ0) is 20.8. The molecule has 2 aliphatic rings. The maximum atomic E-state index is 12.5. The van der Waals surface area contributed by atoms with Gasteiger partial charge in [0.2, 0.25) is 11.8 Å². The lowest BCUT2D eigenvalue weighted by molar-refractivity contribution is -0.134. The molecule has 0 unspecified atom stereocenters. The number of thiophene rings is 1. The van der Waals surface area contributed by atoms with E-state index in [0.29, 0.717) is 13.1 Å². The first kappa shape index (κ1) is 21.0. The largest absolute Gasteiger partial charge is 0.379 e. The van der Waals surface area contributed by atoms with Crippen molar-refractivity contribution in [2.45, 2.75) is 38.9 Å². The van der Waals surface area contributed by atoms with Gasteiger partial charge in [0.05, 0.1) is 13.2 Å². The fraction of sp³-hybridized carbons (Fsp3) is 0.478. The van der Waals surface area contributed by atoms with E-state index in [1.54, 1.807) is 11.3 Å². The van der Waals surface area contributed by atoms with Crippen LogP contribution in [0.3, 0.4) is 0 Å². The van der Waals surface area contributed by atoms with Gasteiger partial charge in [0, 0.05) is 57.0 Å². The van der Waals surface area contributed by atoms with Crippen molar-refractivity contribution >= 4 is 23.2 Å². The Morgan fingerprint density at radius 1 is 1.03 bits per heavy atom. The first-order chi connectivity index (χ1) is 14.7. The molecule has 3 heterocycles. The molecule has 1 fully saturated rings. The predicted octanol–water partition coefficient (Wildman–Crippen LogP) is 2.56. The van der Waals surface area contributed by atoms with Crippen molar-refractivity contribution in [2.24, 2.45) is 0 Å². The average Bonchev–Trinajstić information content (AvgIpc) is 3.25. The quantitative estimate of drug-likeness (QED) is 0.738. The molecular formula is C23H29N3O3S. The van der Waals surface area contributed by atoms with E-state index in [1.807, 2.05) is 17.0 Å². The number of morpholine rings is 1. The molecule has 0 saturated carbocycles. The van der Waals surface area contributed by atoms with Crippen LogP contribution in [0.4, 0.5) is 0 Å². The van der Waals surface area contributed by atoms with Crippen molar-refractivity contribution in [2.75, 3.05) is 32.8 Å². The van der Waals surface area contributed by atoms with Crippen molar-refractivity contribution in [3.8, 4) is 0 Å². The Morgan fingerprint density at radius 3 is 2.67 bits per heavy atom. The molecule has 4 rings (SSSR count). The van der Waals surface area contributed by atoms with E-state index >= 15 is 0 Å². The summed E-state index contributed by atoms with van der Waals surface area (Å²) in [7, 11) is 0. The normalized spacial score (nSPS) is 16.9. The van der Waals surface area contributed by atoms with E-state index in [-0.39, 0.29) is 24.7 Å². The van der Waals surface area contributed by atoms with Crippen LogP contribution in [0.1, 0.15) is 34.4 Å². The van der Waals surface area contributed by atoms with Gasteiger partial charge in [-0.15, -0.1) is 11.3 Å². The Hall–Kier alpha value is -2.22. The lowest BCUT2D eigenvalue weighted by atomic mass is 10.1. The van der Waals surface area contributed by atoms with Crippen LogP contribution in [0.25, 0.3) is 0 Å². The molecule has 0 spiro atoms. The maximum absolute atomic E-state index is 12.5. The van der Waals surface area contributed by atoms with Gasteiger partial charge in [0.25, 0.3) is 0 Å². The second kappa shape index (κ2) is 10.2. The van der Waals surface area contributed by atoms with Crippen LogP contribution in [0, 0.1) is 0 Å². The highest BCUT2D eigenvalue weighted by molar-refractivity contribution is 7.10. The number of rotatable bonds is 7. The molecule has 2 aromatic rings. The minimum Gasteiger partial charge on any atom is -0.379 e. The van der Waals surface area contributed by atoms with Crippen LogP contribution in [-0.2, 0) is 40.4 Å². The third-order valence-electron chi connectivity index (χ3n) is 5.82. The molecule has 0 bridgehead atoms. The molecule has 2 aliphatic heterocycles. The summed E-state index contributed by atoms with van der Waals surface area (Å²) in [4.78, 5) is 30.5. The number of carbonyl (C=O) groups excluding carboxylic acids is 2. The van der Waals surface area contributed by atoms with Crippen molar-refractivity contribution in [3.63, 3.8) is 0 Å². The smallest absolute Gasteiger partial charge is 0.223 e. The first-order valence-electron chi connectivity index (χ1n) is 10.7. The first-order valence-corrected chi connectivity index (χ1v) is 11.5. The van der Waals surface area contributed by atoms with E-state index in [1.165, 1.54) is 16.0 Å². The van der Waals surface area contributed by atoms with E-state index in [9.17, 15) is 9.59 Å². The summed E-state index contributed by atoms with van der Waals surface area (Å²) in [6, 6.07) is 10.3. The fourth-order valence-corrected chi connectivity index (χ4v) is 4.90. The lowest BCUT2D eigenvalue weighted by Gasteiger charge is -2.27. The maximum Gasteiger partial charge on any atom is 0.223 e. The number of nitrogens with zero attached hydrogens (tertiary/aromatic N) is 2. The third-order valence-corrected chi connectivity index (χ3v) is 6.84. The minimum absolute atomic E-state index is 0.0646. The van der Waals surface area contributed by atoms with Gasteiger partial charge in [-0.2, -0.15) is 0 Å². The average molecular weight is 428 g/mol. The molecular weight excluding hydrogens is 398 g/mol. The molecule has 1 aromatic heterocycles.